The molecule has 0 atom stereocenters. The zero-order valence-electron chi connectivity index (χ0n) is 13.7. The topological polar surface area (TPSA) is 120 Å². The van der Waals surface area contributed by atoms with Crippen LogP contribution in [0.5, 0.6) is 0 Å². The quantitative estimate of drug-likeness (QED) is 0.475. The van der Waals surface area contributed by atoms with Crippen molar-refractivity contribution in [2.24, 2.45) is 0 Å². The van der Waals surface area contributed by atoms with E-state index in [1.54, 1.807) is 0 Å². The molecular weight excluding hydrogens is 367 g/mol. The van der Waals surface area contributed by atoms with Crippen LogP contribution in [0.4, 0.5) is 0 Å². The molecule has 0 aromatic rings. The average molecular weight is 389 g/mol. The van der Waals surface area contributed by atoms with E-state index in [1.807, 2.05) is 0 Å². The van der Waals surface area contributed by atoms with Gasteiger partial charge in [-0.1, -0.05) is 20.8 Å². The first kappa shape index (κ1) is 28.6. The largest absolute Gasteiger partial charge is 3.00 e. The van der Waals surface area contributed by atoms with Crippen molar-refractivity contribution >= 4 is 17.3 Å². The molecule has 121 valence electrons. The molecule has 0 rings (SSSR count). The molecule has 0 saturated heterocycles. The Morgan fingerprint density at radius 1 is 0.545 bits per heavy atom. The number of allylic oxidation sites excluding steroid dienone is 6. The van der Waals surface area contributed by atoms with Gasteiger partial charge in [0.2, 0.25) is 0 Å². The van der Waals surface area contributed by atoms with Crippen LogP contribution in [0.25, 0.3) is 0 Å². The van der Waals surface area contributed by atoms with Gasteiger partial charge in [-0.05, 0) is 39.0 Å². The third kappa shape index (κ3) is 51.4. The Hall–Kier alpha value is -1.49. The molecule has 0 saturated carbocycles. The monoisotopic (exact) mass is 387 g/mol. The van der Waals surface area contributed by atoms with Crippen LogP contribution in [0.15, 0.2) is 35.5 Å². The Morgan fingerprint density at radius 2 is 0.682 bits per heavy atom. The molecule has 7 heteroatoms. The molecule has 0 unspecified atom stereocenters. The van der Waals surface area contributed by atoms with Crippen LogP contribution in [-0.2, 0) is 40.6 Å². The molecule has 22 heavy (non-hydrogen) atoms. The van der Waals surface area contributed by atoms with Crippen LogP contribution >= 0.6 is 0 Å². The third-order valence-electron chi connectivity index (χ3n) is 1.22. The van der Waals surface area contributed by atoms with E-state index in [9.17, 15) is 29.7 Å². The summed E-state index contributed by atoms with van der Waals surface area (Å²) in [5.41, 5.74) is 0. The van der Waals surface area contributed by atoms with Crippen LogP contribution in [-0.4, -0.2) is 17.3 Å². The van der Waals surface area contributed by atoms with Crippen molar-refractivity contribution < 1.29 is 55.9 Å². The molecule has 0 N–H and O–H groups in total. The smallest absolute Gasteiger partial charge is 0.876 e. The fraction of sp³-hybridized carbons (Fsp3) is 0.400. The molecule has 0 aliphatic heterocycles. The zero-order valence-corrected chi connectivity index (χ0v) is 16.1. The van der Waals surface area contributed by atoms with Gasteiger partial charge >= 0.3 is 26.2 Å². The van der Waals surface area contributed by atoms with Gasteiger partial charge in [-0.2, -0.15) is 0 Å². The Kier molecular flexibility index (Phi) is 22.9. The third-order valence-corrected chi connectivity index (χ3v) is 1.22. The van der Waals surface area contributed by atoms with Crippen molar-refractivity contribution in [1.29, 1.82) is 0 Å². The molecule has 1 radical (unpaired) electrons. The van der Waals surface area contributed by atoms with Crippen LogP contribution in [0.3, 0.4) is 0 Å². The predicted molar refractivity (Wildman–Crippen MR) is 73.3 cm³/mol. The molecule has 6 nitrogen and oxygen atoms in total. The van der Waals surface area contributed by atoms with E-state index in [1.165, 1.54) is 41.5 Å². The summed E-state index contributed by atoms with van der Waals surface area (Å²) >= 11 is 0. The van der Waals surface area contributed by atoms with Crippen molar-refractivity contribution in [3.63, 3.8) is 0 Å². The first-order valence-electron chi connectivity index (χ1n) is 5.96. The Labute approximate surface area is 150 Å². The Balaban J connectivity index is -0.000000108. The van der Waals surface area contributed by atoms with E-state index in [4.69, 9.17) is 0 Å². The van der Waals surface area contributed by atoms with Crippen molar-refractivity contribution in [1.82, 2.24) is 0 Å². The zero-order chi connectivity index (χ0) is 17.6. The van der Waals surface area contributed by atoms with Crippen molar-refractivity contribution in [3.05, 3.63) is 35.5 Å². The van der Waals surface area contributed by atoms with Crippen molar-refractivity contribution in [2.75, 3.05) is 0 Å². The van der Waals surface area contributed by atoms with E-state index in [0.717, 1.165) is 18.2 Å². The summed E-state index contributed by atoms with van der Waals surface area (Å²) in [6.45, 7) is 8.09. The second kappa shape index (κ2) is 17.6. The SMILES string of the molecule is CC(=O)/C=C(/C)[O-].CC(=O)/C=C(/C)[O-].CC(=O)/C=C(/C)[O-].[Zr+3]. The fourth-order valence-electron chi connectivity index (χ4n) is 0.859. The van der Waals surface area contributed by atoms with E-state index in [2.05, 4.69) is 0 Å². The molecule has 0 fully saturated rings. The number of hydrogen-bond donors (Lipinski definition) is 0. The molecule has 0 heterocycles. The van der Waals surface area contributed by atoms with Gasteiger partial charge in [0, 0.05) is 0 Å². The van der Waals surface area contributed by atoms with Gasteiger partial charge in [-0.25, -0.2) is 0 Å². The summed E-state index contributed by atoms with van der Waals surface area (Å²) in [6, 6.07) is 0. The summed E-state index contributed by atoms with van der Waals surface area (Å²) in [4.78, 5) is 29.9. The molecular formula is C15H21O6Zr. The number of carbonyl (C=O) groups is 3. The normalized spacial score (nSPS) is 10.9. The predicted octanol–water partition coefficient (Wildman–Crippen LogP) is -0.484. The van der Waals surface area contributed by atoms with E-state index in [0.29, 0.717) is 0 Å². The van der Waals surface area contributed by atoms with Gasteiger partial charge in [0.05, 0.1) is 0 Å². The Bertz CT molecular complexity index is 368. The van der Waals surface area contributed by atoms with Gasteiger partial charge < -0.3 is 15.3 Å². The summed E-state index contributed by atoms with van der Waals surface area (Å²) in [5, 5.41) is 29.9. The van der Waals surface area contributed by atoms with E-state index in [-0.39, 0.29) is 60.8 Å². The molecule has 0 aliphatic carbocycles. The summed E-state index contributed by atoms with van der Waals surface area (Å²) in [6.07, 6.45) is 3.17. The van der Waals surface area contributed by atoms with E-state index < -0.39 is 0 Å². The van der Waals surface area contributed by atoms with Crippen LogP contribution in [0.2, 0.25) is 0 Å². The number of hydrogen-bond acceptors (Lipinski definition) is 6. The van der Waals surface area contributed by atoms with Crippen LogP contribution in [0, 0.1) is 0 Å². The molecule has 0 bridgehead atoms. The van der Waals surface area contributed by atoms with Crippen LogP contribution < -0.4 is 15.3 Å². The second-order valence-electron chi connectivity index (χ2n) is 4.10. The molecule has 0 spiro atoms. The minimum atomic E-state index is -0.187. The minimum absolute atomic E-state index is 0. The maximum Gasteiger partial charge on any atom is 3.00 e. The number of carbonyl (C=O) groups excluding carboxylic acids is 3. The van der Waals surface area contributed by atoms with Crippen LogP contribution in [0.1, 0.15) is 41.5 Å². The van der Waals surface area contributed by atoms with Gasteiger partial charge in [-0.15, -0.1) is 17.3 Å². The van der Waals surface area contributed by atoms with Crippen molar-refractivity contribution in [3.8, 4) is 0 Å². The molecule has 0 aromatic heterocycles. The number of ketones is 3. The standard InChI is InChI=1S/3C5H8O2.Zr/c3*1-4(6)3-5(2)7;/h3*3,6H,1-2H3;/q;;;+3/p-3/b3*4-3-;. The molecule has 0 amide bonds. The first-order valence-corrected chi connectivity index (χ1v) is 5.96. The molecule has 0 aliphatic rings. The van der Waals surface area contributed by atoms with Crippen molar-refractivity contribution in [2.45, 2.75) is 41.5 Å². The van der Waals surface area contributed by atoms with E-state index >= 15 is 0 Å². The summed E-state index contributed by atoms with van der Waals surface area (Å²) < 4.78 is 0. The van der Waals surface area contributed by atoms with Gasteiger partial charge in [0.25, 0.3) is 0 Å². The Morgan fingerprint density at radius 3 is 0.682 bits per heavy atom. The second-order valence-corrected chi connectivity index (χ2v) is 4.10. The summed E-state index contributed by atoms with van der Waals surface area (Å²) in [7, 11) is 0. The number of rotatable bonds is 3. The van der Waals surface area contributed by atoms with Gasteiger partial charge in [0.1, 0.15) is 0 Å². The fourth-order valence-corrected chi connectivity index (χ4v) is 0.859. The minimum Gasteiger partial charge on any atom is -0.876 e. The van der Waals surface area contributed by atoms with Gasteiger partial charge in [0.15, 0.2) is 17.3 Å². The average Bonchev–Trinajstić information content (AvgIpc) is 2.10. The van der Waals surface area contributed by atoms with Gasteiger partial charge in [-0.3, -0.25) is 14.4 Å². The maximum absolute atomic E-state index is 9.98. The first-order chi connectivity index (χ1) is 9.38. The summed E-state index contributed by atoms with van der Waals surface area (Å²) in [5.74, 6) is -1.12. The molecule has 0 aromatic carbocycles. The maximum atomic E-state index is 9.98.